The van der Waals surface area contributed by atoms with Gasteiger partial charge in [-0.25, -0.2) is 0 Å². The van der Waals surface area contributed by atoms with Crippen molar-refractivity contribution in [2.75, 3.05) is 20.8 Å². The molecular formula is C16H24O4. The number of methoxy groups -OCH3 is 2. The number of benzene rings is 1. The highest BCUT2D eigenvalue weighted by Crippen LogP contribution is 2.43. The normalized spacial score (nSPS) is 30.1. The summed E-state index contributed by atoms with van der Waals surface area (Å²) in [4.78, 5) is 0. The van der Waals surface area contributed by atoms with Gasteiger partial charge in [-0.2, -0.15) is 0 Å². The number of hydrogen-bond acceptors (Lipinski definition) is 4. The van der Waals surface area contributed by atoms with Crippen molar-refractivity contribution < 1.29 is 19.3 Å². The third kappa shape index (κ3) is 2.76. The molecule has 1 heterocycles. The largest absolute Gasteiger partial charge is 0.493 e. The molecule has 1 saturated heterocycles. The van der Waals surface area contributed by atoms with E-state index >= 15 is 0 Å². The topological polar surface area (TPSA) is 47.9 Å². The molecular weight excluding hydrogens is 256 g/mol. The van der Waals surface area contributed by atoms with Crippen LogP contribution in [-0.4, -0.2) is 31.5 Å². The molecule has 2 atom stereocenters. The van der Waals surface area contributed by atoms with Gasteiger partial charge in [-0.1, -0.05) is 13.0 Å². The van der Waals surface area contributed by atoms with Crippen LogP contribution < -0.4 is 9.47 Å². The van der Waals surface area contributed by atoms with Crippen molar-refractivity contribution in [3.63, 3.8) is 0 Å². The van der Waals surface area contributed by atoms with Crippen LogP contribution in [0.4, 0.5) is 0 Å². The van der Waals surface area contributed by atoms with Crippen LogP contribution in [0.2, 0.25) is 0 Å². The van der Waals surface area contributed by atoms with Crippen molar-refractivity contribution in [1.29, 1.82) is 0 Å². The fourth-order valence-corrected chi connectivity index (χ4v) is 2.82. The maximum Gasteiger partial charge on any atom is 0.161 e. The second-order valence-corrected chi connectivity index (χ2v) is 5.68. The molecule has 1 N–H and O–H groups in total. The van der Waals surface area contributed by atoms with Gasteiger partial charge in [0, 0.05) is 12.8 Å². The van der Waals surface area contributed by atoms with Gasteiger partial charge >= 0.3 is 0 Å². The monoisotopic (exact) mass is 280 g/mol. The number of rotatable bonds is 4. The smallest absolute Gasteiger partial charge is 0.161 e. The van der Waals surface area contributed by atoms with E-state index in [4.69, 9.17) is 14.2 Å². The summed E-state index contributed by atoms with van der Waals surface area (Å²) in [5.41, 5.74) is -0.291. The lowest BCUT2D eigenvalue weighted by atomic mass is 9.77. The standard InChI is InChI=1S/C16H24O4/c1-5-15(2)11-16(17,8-9-20-15)12-6-7-13(18-3)14(10-12)19-4/h6-7,10,17H,5,8-9,11H2,1-4H3. The Kier molecular flexibility index (Phi) is 4.25. The zero-order valence-electron chi connectivity index (χ0n) is 12.7. The van der Waals surface area contributed by atoms with Gasteiger partial charge in [0.15, 0.2) is 11.5 Å². The fraction of sp³-hybridized carbons (Fsp3) is 0.625. The third-order valence-electron chi connectivity index (χ3n) is 4.30. The number of hydrogen-bond donors (Lipinski definition) is 1. The van der Waals surface area contributed by atoms with Gasteiger partial charge in [-0.05, 0) is 31.0 Å². The van der Waals surface area contributed by atoms with Gasteiger partial charge in [0.2, 0.25) is 0 Å². The summed E-state index contributed by atoms with van der Waals surface area (Å²) in [7, 11) is 3.21. The highest BCUT2D eigenvalue weighted by Gasteiger charge is 2.42. The molecule has 2 unspecified atom stereocenters. The van der Waals surface area contributed by atoms with Crippen molar-refractivity contribution in [1.82, 2.24) is 0 Å². The van der Waals surface area contributed by atoms with Gasteiger partial charge in [0.05, 0.1) is 32.0 Å². The van der Waals surface area contributed by atoms with Crippen molar-refractivity contribution in [2.24, 2.45) is 0 Å². The fourth-order valence-electron chi connectivity index (χ4n) is 2.82. The molecule has 0 bridgehead atoms. The summed E-state index contributed by atoms with van der Waals surface area (Å²) in [5, 5.41) is 11.0. The molecule has 112 valence electrons. The van der Waals surface area contributed by atoms with Crippen molar-refractivity contribution in [2.45, 2.75) is 44.3 Å². The van der Waals surface area contributed by atoms with E-state index in [9.17, 15) is 5.11 Å². The highest BCUT2D eigenvalue weighted by atomic mass is 16.5. The quantitative estimate of drug-likeness (QED) is 0.921. The zero-order valence-corrected chi connectivity index (χ0v) is 12.7. The van der Waals surface area contributed by atoms with Crippen molar-refractivity contribution in [3.05, 3.63) is 23.8 Å². The van der Waals surface area contributed by atoms with Crippen LogP contribution in [0.15, 0.2) is 18.2 Å². The maximum atomic E-state index is 11.0. The predicted molar refractivity (Wildman–Crippen MR) is 77.3 cm³/mol. The van der Waals surface area contributed by atoms with E-state index in [1.165, 1.54) is 0 Å². The molecule has 0 saturated carbocycles. The number of aliphatic hydroxyl groups is 1. The van der Waals surface area contributed by atoms with Gasteiger partial charge in [-0.15, -0.1) is 0 Å². The van der Waals surface area contributed by atoms with E-state index in [0.29, 0.717) is 30.9 Å². The molecule has 4 nitrogen and oxygen atoms in total. The molecule has 0 radical (unpaired) electrons. The first-order valence-corrected chi connectivity index (χ1v) is 7.05. The summed E-state index contributed by atoms with van der Waals surface area (Å²) in [6.07, 6.45) is 2.06. The van der Waals surface area contributed by atoms with E-state index in [2.05, 4.69) is 13.8 Å². The first-order valence-electron chi connectivity index (χ1n) is 7.05. The third-order valence-corrected chi connectivity index (χ3v) is 4.30. The van der Waals surface area contributed by atoms with Crippen LogP contribution >= 0.6 is 0 Å². The zero-order chi connectivity index (χ0) is 14.8. The summed E-state index contributed by atoms with van der Waals surface area (Å²) in [5.74, 6) is 1.31. The lowest BCUT2D eigenvalue weighted by Gasteiger charge is -2.43. The Morgan fingerprint density at radius 3 is 2.55 bits per heavy atom. The van der Waals surface area contributed by atoms with E-state index in [1.807, 2.05) is 18.2 Å². The summed E-state index contributed by atoms with van der Waals surface area (Å²) in [6.45, 7) is 4.70. The molecule has 1 fully saturated rings. The van der Waals surface area contributed by atoms with Crippen LogP contribution in [0.25, 0.3) is 0 Å². The SMILES string of the molecule is CCC1(C)CC(O)(c2ccc(OC)c(OC)c2)CCO1. The molecule has 0 amide bonds. The Morgan fingerprint density at radius 1 is 1.25 bits per heavy atom. The Balaban J connectivity index is 2.34. The Morgan fingerprint density at radius 2 is 1.95 bits per heavy atom. The highest BCUT2D eigenvalue weighted by molar-refractivity contribution is 5.44. The minimum atomic E-state index is -0.872. The Bertz CT molecular complexity index is 474. The Hall–Kier alpha value is -1.26. The molecule has 1 aromatic carbocycles. The van der Waals surface area contributed by atoms with Gasteiger partial charge in [-0.3, -0.25) is 0 Å². The van der Waals surface area contributed by atoms with Crippen LogP contribution in [0, 0.1) is 0 Å². The summed E-state index contributed by atoms with van der Waals surface area (Å²) in [6, 6.07) is 5.61. The second kappa shape index (κ2) is 5.62. The molecule has 0 aliphatic carbocycles. The first-order chi connectivity index (χ1) is 9.46. The predicted octanol–water partition coefficient (Wildman–Crippen LogP) is 2.87. The minimum Gasteiger partial charge on any atom is -0.493 e. The molecule has 4 heteroatoms. The molecule has 20 heavy (non-hydrogen) atoms. The van der Waals surface area contributed by atoms with Crippen molar-refractivity contribution in [3.8, 4) is 11.5 Å². The lowest BCUT2D eigenvalue weighted by Crippen LogP contribution is -2.45. The lowest BCUT2D eigenvalue weighted by molar-refractivity contribution is -0.157. The van der Waals surface area contributed by atoms with Crippen LogP contribution in [0.3, 0.4) is 0 Å². The van der Waals surface area contributed by atoms with E-state index < -0.39 is 5.60 Å². The van der Waals surface area contributed by atoms with Crippen LogP contribution in [-0.2, 0) is 10.3 Å². The second-order valence-electron chi connectivity index (χ2n) is 5.68. The molecule has 2 rings (SSSR count). The maximum absolute atomic E-state index is 11.0. The van der Waals surface area contributed by atoms with Crippen molar-refractivity contribution >= 4 is 0 Å². The minimum absolute atomic E-state index is 0.278. The molecule has 0 aromatic heterocycles. The van der Waals surface area contributed by atoms with E-state index in [0.717, 1.165) is 12.0 Å². The number of ether oxygens (including phenoxy) is 3. The van der Waals surface area contributed by atoms with E-state index in [1.54, 1.807) is 14.2 Å². The van der Waals surface area contributed by atoms with Gasteiger partial charge in [0.25, 0.3) is 0 Å². The molecule has 1 aromatic rings. The summed E-state index contributed by atoms with van der Waals surface area (Å²) >= 11 is 0. The summed E-state index contributed by atoms with van der Waals surface area (Å²) < 4.78 is 16.4. The molecule has 1 aliphatic heterocycles. The Labute approximate surface area is 120 Å². The van der Waals surface area contributed by atoms with Gasteiger partial charge < -0.3 is 19.3 Å². The molecule has 0 spiro atoms. The van der Waals surface area contributed by atoms with Gasteiger partial charge in [0.1, 0.15) is 0 Å². The van der Waals surface area contributed by atoms with Crippen LogP contribution in [0.5, 0.6) is 11.5 Å². The average Bonchev–Trinajstić information content (AvgIpc) is 2.46. The average molecular weight is 280 g/mol. The van der Waals surface area contributed by atoms with Crippen LogP contribution in [0.1, 0.15) is 38.7 Å². The van der Waals surface area contributed by atoms with E-state index in [-0.39, 0.29) is 5.60 Å². The first kappa shape index (κ1) is 15.1. The molecule has 1 aliphatic rings.